The van der Waals surface area contributed by atoms with Crippen molar-refractivity contribution in [3.05, 3.63) is 46.1 Å². The average Bonchev–Trinajstić information content (AvgIpc) is 2.34. The first-order valence-electron chi connectivity index (χ1n) is 4.76. The van der Waals surface area contributed by atoms with Crippen LogP contribution in [-0.4, -0.2) is 21.3 Å². The van der Waals surface area contributed by atoms with Crippen molar-refractivity contribution in [2.45, 2.75) is 0 Å². The van der Waals surface area contributed by atoms with Gasteiger partial charge >= 0.3 is 5.97 Å². The minimum atomic E-state index is -1.15. The predicted molar refractivity (Wildman–Crippen MR) is 65.5 cm³/mol. The summed E-state index contributed by atoms with van der Waals surface area (Å²) in [6, 6.07) is 7.41. The van der Waals surface area contributed by atoms with Crippen LogP contribution >= 0.6 is 23.2 Å². The summed E-state index contributed by atoms with van der Waals surface area (Å²) in [7, 11) is 0. The zero-order chi connectivity index (χ0) is 13.1. The van der Waals surface area contributed by atoms with Gasteiger partial charge in [0.05, 0.1) is 10.0 Å². The summed E-state index contributed by atoms with van der Waals surface area (Å²) in [5.41, 5.74) is -0.156. The Hall–Kier alpha value is -1.85. The topological polar surface area (TPSA) is 72.3 Å². The van der Waals surface area contributed by atoms with E-state index in [1.54, 1.807) is 12.1 Å². The molecule has 18 heavy (non-hydrogen) atoms. The molecule has 7 heteroatoms. The molecule has 0 radical (unpaired) electrons. The van der Waals surface area contributed by atoms with Crippen LogP contribution in [0.4, 0.5) is 0 Å². The largest absolute Gasteiger partial charge is 0.476 e. The second-order valence-electron chi connectivity index (χ2n) is 3.24. The molecular formula is C11H6Cl2N2O3. The van der Waals surface area contributed by atoms with Crippen LogP contribution in [0.3, 0.4) is 0 Å². The van der Waals surface area contributed by atoms with Gasteiger partial charge in [0.25, 0.3) is 0 Å². The highest BCUT2D eigenvalue weighted by Gasteiger charge is 2.07. The van der Waals surface area contributed by atoms with Gasteiger partial charge in [0.2, 0.25) is 5.88 Å². The quantitative estimate of drug-likeness (QED) is 0.936. The number of carbonyl (C=O) groups is 1. The van der Waals surface area contributed by atoms with Crippen LogP contribution in [0.5, 0.6) is 11.6 Å². The number of benzene rings is 1. The van der Waals surface area contributed by atoms with Crippen LogP contribution in [0, 0.1) is 0 Å². The number of aromatic carboxylic acids is 1. The fourth-order valence-corrected chi connectivity index (χ4v) is 1.44. The van der Waals surface area contributed by atoms with Gasteiger partial charge in [-0.1, -0.05) is 23.2 Å². The van der Waals surface area contributed by atoms with E-state index in [9.17, 15) is 4.79 Å². The van der Waals surface area contributed by atoms with Crippen LogP contribution in [0.15, 0.2) is 30.3 Å². The Morgan fingerprint density at radius 2 is 1.89 bits per heavy atom. The molecule has 1 aromatic carbocycles. The van der Waals surface area contributed by atoms with Gasteiger partial charge < -0.3 is 9.84 Å². The minimum Gasteiger partial charge on any atom is -0.476 e. The van der Waals surface area contributed by atoms with Crippen molar-refractivity contribution in [2.75, 3.05) is 0 Å². The molecule has 0 saturated heterocycles. The van der Waals surface area contributed by atoms with Gasteiger partial charge in [-0.3, -0.25) is 0 Å². The lowest BCUT2D eigenvalue weighted by Gasteiger charge is -2.04. The molecule has 1 aromatic heterocycles. The summed E-state index contributed by atoms with van der Waals surface area (Å²) in [6.45, 7) is 0. The highest BCUT2D eigenvalue weighted by molar-refractivity contribution is 6.42. The molecule has 1 heterocycles. The monoisotopic (exact) mass is 284 g/mol. The number of carboxylic acid groups (broad SMARTS) is 1. The Labute approximate surface area is 112 Å². The van der Waals surface area contributed by atoms with E-state index in [1.807, 2.05) is 0 Å². The Kier molecular flexibility index (Phi) is 3.64. The molecule has 0 fully saturated rings. The molecule has 0 bridgehead atoms. The molecule has 0 aliphatic rings. The Morgan fingerprint density at radius 3 is 2.44 bits per heavy atom. The third kappa shape index (κ3) is 2.88. The maximum absolute atomic E-state index is 10.6. The lowest BCUT2D eigenvalue weighted by atomic mass is 10.3. The molecule has 0 aliphatic heterocycles. The molecule has 2 rings (SSSR count). The second kappa shape index (κ2) is 5.20. The number of halogens is 2. The fourth-order valence-electron chi connectivity index (χ4n) is 1.15. The van der Waals surface area contributed by atoms with Crippen LogP contribution in [0.1, 0.15) is 10.5 Å². The van der Waals surface area contributed by atoms with Crippen LogP contribution in [0.2, 0.25) is 10.0 Å². The molecule has 1 N–H and O–H groups in total. The molecular weight excluding hydrogens is 279 g/mol. The minimum absolute atomic E-state index is 0.156. The van der Waals surface area contributed by atoms with Crippen LogP contribution in [0.25, 0.3) is 0 Å². The molecule has 0 unspecified atom stereocenters. The lowest BCUT2D eigenvalue weighted by Crippen LogP contribution is -2.02. The Bertz CT molecular complexity index is 587. The zero-order valence-corrected chi connectivity index (χ0v) is 10.3. The fraction of sp³-hybridized carbons (Fsp3) is 0. The van der Waals surface area contributed by atoms with Gasteiger partial charge in [0, 0.05) is 12.1 Å². The number of hydrogen-bond acceptors (Lipinski definition) is 4. The number of carboxylic acids is 1. The van der Waals surface area contributed by atoms with Crippen LogP contribution in [-0.2, 0) is 0 Å². The molecule has 2 aromatic rings. The number of nitrogens with zero attached hydrogens (tertiary/aromatic N) is 2. The molecule has 0 amide bonds. The normalized spacial score (nSPS) is 10.1. The Balaban J connectivity index is 2.18. The van der Waals surface area contributed by atoms with E-state index in [-0.39, 0.29) is 11.6 Å². The number of rotatable bonds is 3. The molecule has 0 saturated carbocycles. The van der Waals surface area contributed by atoms with E-state index < -0.39 is 5.97 Å². The number of ether oxygens (including phenoxy) is 1. The maximum Gasteiger partial charge on any atom is 0.356 e. The summed E-state index contributed by atoms with van der Waals surface area (Å²) in [6.07, 6.45) is 0. The van der Waals surface area contributed by atoms with Gasteiger partial charge in [-0.05, 0) is 18.2 Å². The van der Waals surface area contributed by atoms with E-state index in [1.165, 1.54) is 18.2 Å². The zero-order valence-electron chi connectivity index (χ0n) is 8.80. The summed E-state index contributed by atoms with van der Waals surface area (Å²) >= 11 is 11.6. The SMILES string of the molecule is O=C(O)c1ccc(Oc2ccc(Cl)c(Cl)c2)nn1. The summed E-state index contributed by atoms with van der Waals surface area (Å²) in [5.74, 6) is -0.552. The summed E-state index contributed by atoms with van der Waals surface area (Å²) in [4.78, 5) is 10.6. The van der Waals surface area contributed by atoms with Gasteiger partial charge in [-0.15, -0.1) is 10.2 Å². The highest BCUT2D eigenvalue weighted by Crippen LogP contribution is 2.28. The molecule has 0 spiro atoms. The first-order valence-corrected chi connectivity index (χ1v) is 5.52. The van der Waals surface area contributed by atoms with E-state index in [0.29, 0.717) is 15.8 Å². The summed E-state index contributed by atoms with van der Waals surface area (Å²) in [5, 5.41) is 16.5. The smallest absolute Gasteiger partial charge is 0.356 e. The Morgan fingerprint density at radius 1 is 1.11 bits per heavy atom. The average molecular weight is 285 g/mol. The first kappa shape index (κ1) is 12.6. The van der Waals surface area contributed by atoms with Gasteiger partial charge in [-0.2, -0.15) is 0 Å². The van der Waals surface area contributed by atoms with Crippen molar-refractivity contribution in [1.29, 1.82) is 0 Å². The van der Waals surface area contributed by atoms with Crippen molar-refractivity contribution in [3.63, 3.8) is 0 Å². The van der Waals surface area contributed by atoms with Gasteiger partial charge in [-0.25, -0.2) is 4.79 Å². The van der Waals surface area contributed by atoms with Gasteiger partial charge in [0.15, 0.2) is 5.69 Å². The number of aromatic nitrogens is 2. The van der Waals surface area contributed by atoms with Crippen molar-refractivity contribution in [2.24, 2.45) is 0 Å². The molecule has 0 aliphatic carbocycles. The van der Waals surface area contributed by atoms with E-state index >= 15 is 0 Å². The van der Waals surface area contributed by atoms with E-state index in [4.69, 9.17) is 33.0 Å². The van der Waals surface area contributed by atoms with Crippen molar-refractivity contribution < 1.29 is 14.6 Å². The molecule has 0 atom stereocenters. The predicted octanol–water partition coefficient (Wildman–Crippen LogP) is 3.27. The molecule has 92 valence electrons. The van der Waals surface area contributed by atoms with Crippen LogP contribution < -0.4 is 4.74 Å². The second-order valence-corrected chi connectivity index (χ2v) is 4.05. The third-order valence-corrected chi connectivity index (χ3v) is 2.71. The van der Waals surface area contributed by atoms with Crippen molar-refractivity contribution in [1.82, 2.24) is 10.2 Å². The van der Waals surface area contributed by atoms with E-state index in [0.717, 1.165) is 0 Å². The number of hydrogen-bond donors (Lipinski definition) is 1. The first-order chi connectivity index (χ1) is 8.56. The molecule has 5 nitrogen and oxygen atoms in total. The lowest BCUT2D eigenvalue weighted by molar-refractivity contribution is 0.0689. The summed E-state index contributed by atoms with van der Waals surface area (Å²) < 4.78 is 5.34. The maximum atomic E-state index is 10.6. The highest BCUT2D eigenvalue weighted by atomic mass is 35.5. The van der Waals surface area contributed by atoms with Crippen molar-refractivity contribution >= 4 is 29.2 Å². The standard InChI is InChI=1S/C11H6Cl2N2O3/c12-7-2-1-6(5-8(7)13)18-10-4-3-9(11(16)17)14-15-10/h1-5H,(H,16,17). The van der Waals surface area contributed by atoms with Crippen molar-refractivity contribution in [3.8, 4) is 11.6 Å². The third-order valence-electron chi connectivity index (χ3n) is 1.97. The van der Waals surface area contributed by atoms with E-state index in [2.05, 4.69) is 10.2 Å². The van der Waals surface area contributed by atoms with Gasteiger partial charge in [0.1, 0.15) is 5.75 Å².